The molecule has 1 aromatic heterocycles. The van der Waals surface area contributed by atoms with Gasteiger partial charge in [0.1, 0.15) is 12.2 Å². The summed E-state index contributed by atoms with van der Waals surface area (Å²) in [5.74, 6) is 0.622. The van der Waals surface area contributed by atoms with Crippen LogP contribution in [0.25, 0.3) is 10.9 Å². The van der Waals surface area contributed by atoms with Crippen LogP contribution in [0, 0.1) is 5.41 Å². The first kappa shape index (κ1) is 24.8. The van der Waals surface area contributed by atoms with Crippen molar-refractivity contribution in [1.29, 1.82) is 0 Å². The van der Waals surface area contributed by atoms with Crippen LogP contribution in [0.4, 0.5) is 0 Å². The van der Waals surface area contributed by atoms with Gasteiger partial charge in [0.2, 0.25) is 5.91 Å². The molecular formula is C30H40N4O3. The van der Waals surface area contributed by atoms with Gasteiger partial charge in [-0.1, -0.05) is 32.3 Å². The number of nitrogens with zero attached hydrogens (tertiary/aromatic N) is 3. The SMILES string of the molecule is CCC(=O)[C@@H]1C[C@]23CNCCCCCCCc4cc(C5CC5)cc5c(C(C)=O)nn(c45)CC(=O)N1[C@@H]2C3. The van der Waals surface area contributed by atoms with Crippen molar-refractivity contribution in [3.05, 3.63) is 29.0 Å². The maximum Gasteiger partial charge on any atom is 0.245 e. The highest BCUT2D eigenvalue weighted by Crippen LogP contribution is 2.59. The molecule has 1 amide bonds. The highest BCUT2D eigenvalue weighted by Gasteiger charge is 2.66. The molecule has 4 aliphatic rings. The number of ketones is 2. The van der Waals surface area contributed by atoms with E-state index < -0.39 is 0 Å². The molecule has 6 rings (SSSR count). The zero-order valence-electron chi connectivity index (χ0n) is 22.4. The summed E-state index contributed by atoms with van der Waals surface area (Å²) in [7, 11) is 0. The number of rotatable bonds is 4. The van der Waals surface area contributed by atoms with E-state index >= 15 is 0 Å². The Morgan fingerprint density at radius 2 is 1.89 bits per heavy atom. The number of Topliss-reactive ketones (excluding diaryl/α,β-unsaturated/α-hetero) is 2. The average Bonchev–Trinajstić information content (AvgIpc) is 3.79. The van der Waals surface area contributed by atoms with Gasteiger partial charge in [-0.25, -0.2) is 0 Å². The minimum atomic E-state index is -0.341. The number of aromatic nitrogens is 2. The van der Waals surface area contributed by atoms with E-state index in [0.717, 1.165) is 56.1 Å². The lowest BCUT2D eigenvalue weighted by atomic mass is 9.96. The Kier molecular flexibility index (Phi) is 6.46. The van der Waals surface area contributed by atoms with Gasteiger partial charge in [0, 0.05) is 36.7 Å². The second-order valence-electron chi connectivity index (χ2n) is 12.0. The third-order valence-corrected chi connectivity index (χ3v) is 9.32. The van der Waals surface area contributed by atoms with Gasteiger partial charge in [-0.3, -0.25) is 19.1 Å². The molecule has 1 aromatic carbocycles. The summed E-state index contributed by atoms with van der Waals surface area (Å²) in [4.78, 5) is 41.4. The predicted molar refractivity (Wildman–Crippen MR) is 143 cm³/mol. The number of carbonyl (C=O) groups is 3. The third-order valence-electron chi connectivity index (χ3n) is 9.32. The maximum atomic E-state index is 13.9. The van der Waals surface area contributed by atoms with Crippen LogP contribution >= 0.6 is 0 Å². The van der Waals surface area contributed by atoms with E-state index in [1.807, 2.05) is 11.8 Å². The second-order valence-corrected chi connectivity index (χ2v) is 12.0. The van der Waals surface area contributed by atoms with E-state index in [9.17, 15) is 14.4 Å². The van der Waals surface area contributed by atoms with E-state index in [1.165, 1.54) is 43.2 Å². The Hall–Kier alpha value is -2.54. The normalized spacial score (nSPS) is 28.7. The summed E-state index contributed by atoms with van der Waals surface area (Å²) in [5, 5.41) is 9.28. The molecule has 1 N–H and O–H groups in total. The Morgan fingerprint density at radius 1 is 1.11 bits per heavy atom. The molecule has 2 aliphatic heterocycles. The first-order valence-corrected chi connectivity index (χ1v) is 14.5. The summed E-state index contributed by atoms with van der Waals surface area (Å²) >= 11 is 0. The number of carbonyl (C=O) groups excluding carboxylic acids is 3. The average molecular weight is 505 g/mol. The number of hydrogen-bond donors (Lipinski definition) is 1. The zero-order chi connectivity index (χ0) is 25.7. The Morgan fingerprint density at radius 3 is 2.65 bits per heavy atom. The number of aryl methyl sites for hydroxylation is 1. The van der Waals surface area contributed by atoms with Crippen molar-refractivity contribution < 1.29 is 14.4 Å². The van der Waals surface area contributed by atoms with Crippen molar-refractivity contribution in [2.45, 2.75) is 109 Å². The number of amides is 1. The monoisotopic (exact) mass is 504 g/mol. The lowest BCUT2D eigenvalue weighted by Crippen LogP contribution is -2.44. The molecule has 198 valence electrons. The Labute approximate surface area is 219 Å². The molecule has 2 bridgehead atoms. The molecule has 37 heavy (non-hydrogen) atoms. The molecule has 7 nitrogen and oxygen atoms in total. The van der Waals surface area contributed by atoms with Gasteiger partial charge >= 0.3 is 0 Å². The van der Waals surface area contributed by atoms with Crippen molar-refractivity contribution >= 4 is 28.4 Å². The largest absolute Gasteiger partial charge is 0.327 e. The summed E-state index contributed by atoms with van der Waals surface area (Å²) in [6.07, 6.45) is 11.4. The number of nitrogens with one attached hydrogen (secondary N) is 1. The standard InChI is InChI=1S/C30H40N4O3/c1-3-25(36)24-15-30-16-26(30)34(24)27(37)17-33-29-21(9-7-5-4-6-8-12-31-18-30)13-22(20-10-11-20)14-23(29)28(32-33)19(2)35/h13-14,20,24,26,31H,3-12,15-18H2,1-2H3/t24-,26+,30-/m0/s1. The van der Waals surface area contributed by atoms with Crippen LogP contribution in [-0.2, 0) is 22.6 Å². The number of hydrogen-bond acceptors (Lipinski definition) is 5. The summed E-state index contributed by atoms with van der Waals surface area (Å²) in [5.41, 5.74) is 3.95. The molecule has 0 radical (unpaired) electrons. The maximum absolute atomic E-state index is 13.9. The number of piperidine rings is 1. The van der Waals surface area contributed by atoms with Crippen LogP contribution in [-0.4, -0.2) is 57.3 Å². The van der Waals surface area contributed by atoms with Crippen molar-refractivity contribution in [2.24, 2.45) is 5.41 Å². The first-order valence-electron chi connectivity index (χ1n) is 14.5. The van der Waals surface area contributed by atoms with E-state index in [1.54, 1.807) is 11.6 Å². The summed E-state index contributed by atoms with van der Waals surface area (Å²) in [6.45, 7) is 5.41. The van der Waals surface area contributed by atoms with Gasteiger partial charge in [0.05, 0.1) is 11.6 Å². The van der Waals surface area contributed by atoms with Crippen LogP contribution < -0.4 is 5.32 Å². The summed E-state index contributed by atoms with van der Waals surface area (Å²) in [6, 6.07) is 4.25. The highest BCUT2D eigenvalue weighted by atomic mass is 16.2. The van der Waals surface area contributed by atoms with Gasteiger partial charge in [-0.2, -0.15) is 5.10 Å². The molecule has 3 atom stereocenters. The van der Waals surface area contributed by atoms with Crippen LogP contribution in [0.5, 0.6) is 0 Å². The first-order chi connectivity index (χ1) is 17.9. The smallest absolute Gasteiger partial charge is 0.245 e. The molecule has 2 aliphatic carbocycles. The predicted octanol–water partition coefficient (Wildman–Crippen LogP) is 4.55. The molecule has 0 spiro atoms. The topological polar surface area (TPSA) is 84.3 Å². The second kappa shape index (κ2) is 9.64. The van der Waals surface area contributed by atoms with Gasteiger partial charge in [-0.15, -0.1) is 0 Å². The van der Waals surface area contributed by atoms with E-state index in [0.29, 0.717) is 18.0 Å². The third kappa shape index (κ3) is 4.53. The minimum Gasteiger partial charge on any atom is -0.327 e. The van der Waals surface area contributed by atoms with Crippen molar-refractivity contribution in [1.82, 2.24) is 20.0 Å². The molecule has 3 fully saturated rings. The fraction of sp³-hybridized carbons (Fsp3) is 0.667. The van der Waals surface area contributed by atoms with E-state index in [2.05, 4.69) is 17.4 Å². The molecule has 2 aromatic rings. The minimum absolute atomic E-state index is 0.0279. The quantitative estimate of drug-likeness (QED) is 0.618. The Bertz CT molecular complexity index is 1250. The van der Waals surface area contributed by atoms with E-state index in [4.69, 9.17) is 5.10 Å². The van der Waals surface area contributed by atoms with E-state index in [-0.39, 0.29) is 41.5 Å². The van der Waals surface area contributed by atoms with Crippen molar-refractivity contribution in [3.63, 3.8) is 0 Å². The molecule has 3 heterocycles. The van der Waals surface area contributed by atoms with Crippen molar-refractivity contribution in [3.8, 4) is 0 Å². The molecule has 0 unspecified atom stereocenters. The van der Waals surface area contributed by atoms with Gasteiger partial charge in [0.25, 0.3) is 0 Å². The van der Waals surface area contributed by atoms with Crippen molar-refractivity contribution in [2.75, 3.05) is 13.1 Å². The van der Waals surface area contributed by atoms with Crippen LogP contribution in [0.2, 0.25) is 0 Å². The molecule has 2 saturated carbocycles. The molecular weight excluding hydrogens is 464 g/mol. The van der Waals surface area contributed by atoms with Gasteiger partial charge in [0.15, 0.2) is 11.6 Å². The zero-order valence-corrected chi connectivity index (χ0v) is 22.4. The fourth-order valence-electron chi connectivity index (χ4n) is 7.04. The lowest BCUT2D eigenvalue weighted by Gasteiger charge is -2.26. The molecule has 1 saturated heterocycles. The molecule has 7 heteroatoms. The fourth-order valence-corrected chi connectivity index (χ4v) is 7.04. The Balaban J connectivity index is 1.41. The summed E-state index contributed by atoms with van der Waals surface area (Å²) < 4.78 is 1.78. The van der Waals surface area contributed by atoms with Crippen LogP contribution in [0.15, 0.2) is 12.1 Å². The van der Waals surface area contributed by atoms with Crippen LogP contribution in [0.3, 0.4) is 0 Å². The number of benzene rings is 1. The highest BCUT2D eigenvalue weighted by molar-refractivity contribution is 6.06. The lowest BCUT2D eigenvalue weighted by molar-refractivity contribution is -0.139. The van der Waals surface area contributed by atoms with Gasteiger partial charge in [-0.05, 0) is 74.6 Å². The van der Waals surface area contributed by atoms with Crippen LogP contribution in [0.1, 0.15) is 106 Å². The van der Waals surface area contributed by atoms with Gasteiger partial charge < -0.3 is 10.2 Å².